The minimum absolute atomic E-state index is 0.0941. The summed E-state index contributed by atoms with van der Waals surface area (Å²) in [6.45, 7) is 0.158. The van der Waals surface area contributed by atoms with Crippen molar-refractivity contribution in [1.82, 2.24) is 4.90 Å². The highest BCUT2D eigenvalue weighted by atomic mass is 32.1. The molecule has 1 N–H and O–H groups in total. The molecule has 132 valence electrons. The summed E-state index contributed by atoms with van der Waals surface area (Å²) in [7, 11) is 1.27. The maximum Gasteiger partial charge on any atom is 0.328 e. The number of methoxy groups -OCH3 is 1. The standard InChI is InChI=1S/C17H17FN2O4S/c1-23-16(21)13-9-11(24-14-6-3-2-5-12(14)18)10-20(13)17(22)19-15-7-4-8-25-15/h2-8,11,13H,9-10H2,1H3,(H,19,22). The maximum absolute atomic E-state index is 13.8. The first-order chi connectivity index (χ1) is 12.1. The molecule has 1 aromatic carbocycles. The smallest absolute Gasteiger partial charge is 0.328 e. The molecule has 6 nitrogen and oxygen atoms in total. The lowest BCUT2D eigenvalue weighted by atomic mass is 10.2. The van der Waals surface area contributed by atoms with Gasteiger partial charge in [0.1, 0.15) is 12.1 Å². The van der Waals surface area contributed by atoms with Gasteiger partial charge in [0.05, 0.1) is 18.7 Å². The molecule has 0 saturated carbocycles. The second-order valence-corrected chi connectivity index (χ2v) is 6.45. The number of halogens is 1. The highest BCUT2D eigenvalue weighted by molar-refractivity contribution is 7.14. The summed E-state index contributed by atoms with van der Waals surface area (Å²) in [5.41, 5.74) is 0. The number of nitrogens with one attached hydrogen (secondary N) is 1. The number of hydrogen-bond donors (Lipinski definition) is 1. The van der Waals surface area contributed by atoms with E-state index in [2.05, 4.69) is 5.32 Å². The predicted octanol–water partition coefficient (Wildman–Crippen LogP) is 3.11. The first-order valence-electron chi connectivity index (χ1n) is 7.68. The van der Waals surface area contributed by atoms with Crippen molar-refractivity contribution in [3.63, 3.8) is 0 Å². The first kappa shape index (κ1) is 17.2. The Hall–Kier alpha value is -2.61. The number of para-hydroxylation sites is 1. The summed E-state index contributed by atoms with van der Waals surface area (Å²) in [5.74, 6) is -0.920. The summed E-state index contributed by atoms with van der Waals surface area (Å²) < 4.78 is 24.2. The van der Waals surface area contributed by atoms with Crippen molar-refractivity contribution in [3.05, 3.63) is 47.6 Å². The van der Waals surface area contributed by atoms with Gasteiger partial charge in [0.25, 0.3) is 0 Å². The summed E-state index contributed by atoms with van der Waals surface area (Å²) in [6.07, 6.45) is -0.270. The van der Waals surface area contributed by atoms with E-state index in [1.54, 1.807) is 18.2 Å². The summed E-state index contributed by atoms with van der Waals surface area (Å²) in [5, 5.41) is 5.24. The Kier molecular flexibility index (Phi) is 5.18. The van der Waals surface area contributed by atoms with E-state index in [1.165, 1.54) is 35.5 Å². The van der Waals surface area contributed by atoms with E-state index in [0.717, 1.165) is 0 Å². The molecular formula is C17H17FN2O4S. The molecule has 1 fully saturated rings. The summed E-state index contributed by atoms with van der Waals surface area (Å²) >= 11 is 1.38. The fourth-order valence-electron chi connectivity index (χ4n) is 2.71. The van der Waals surface area contributed by atoms with Crippen molar-refractivity contribution < 1.29 is 23.5 Å². The molecule has 1 aliphatic rings. The molecule has 1 aliphatic heterocycles. The van der Waals surface area contributed by atoms with Gasteiger partial charge in [-0.05, 0) is 29.6 Å². The number of benzene rings is 1. The molecule has 1 aromatic heterocycles. The minimum atomic E-state index is -0.776. The number of hydrogen-bond acceptors (Lipinski definition) is 5. The van der Waals surface area contributed by atoms with Gasteiger partial charge >= 0.3 is 12.0 Å². The number of urea groups is 1. The van der Waals surface area contributed by atoms with Gasteiger partial charge in [0.2, 0.25) is 0 Å². The van der Waals surface area contributed by atoms with Crippen LogP contribution in [0, 0.1) is 5.82 Å². The van der Waals surface area contributed by atoms with Crippen LogP contribution in [0.4, 0.5) is 14.2 Å². The molecule has 0 aliphatic carbocycles. The number of ether oxygens (including phenoxy) is 2. The Bertz CT molecular complexity index is 753. The van der Waals surface area contributed by atoms with Gasteiger partial charge in [-0.2, -0.15) is 0 Å². The van der Waals surface area contributed by atoms with Crippen LogP contribution in [0.25, 0.3) is 0 Å². The fraction of sp³-hybridized carbons (Fsp3) is 0.294. The van der Waals surface area contributed by atoms with Gasteiger partial charge in [-0.1, -0.05) is 12.1 Å². The Labute approximate surface area is 148 Å². The van der Waals surface area contributed by atoms with Crippen LogP contribution in [0.2, 0.25) is 0 Å². The number of likely N-dealkylation sites (tertiary alicyclic amines) is 1. The topological polar surface area (TPSA) is 67.9 Å². The molecule has 2 unspecified atom stereocenters. The predicted molar refractivity (Wildman–Crippen MR) is 91.3 cm³/mol. The van der Waals surface area contributed by atoms with E-state index in [4.69, 9.17) is 9.47 Å². The largest absolute Gasteiger partial charge is 0.485 e. The number of rotatable bonds is 4. The maximum atomic E-state index is 13.8. The van der Waals surface area contributed by atoms with Crippen LogP contribution in [0.15, 0.2) is 41.8 Å². The van der Waals surface area contributed by atoms with Gasteiger partial charge in [-0.25, -0.2) is 14.0 Å². The average molecular weight is 364 g/mol. The molecular weight excluding hydrogens is 347 g/mol. The van der Waals surface area contributed by atoms with E-state index >= 15 is 0 Å². The number of nitrogens with zero attached hydrogens (tertiary/aromatic N) is 1. The second kappa shape index (κ2) is 7.52. The van der Waals surface area contributed by atoms with Crippen LogP contribution in [0.1, 0.15) is 6.42 Å². The molecule has 2 atom stereocenters. The van der Waals surface area contributed by atoms with Crippen LogP contribution in [-0.2, 0) is 9.53 Å². The summed E-state index contributed by atoms with van der Waals surface area (Å²) in [4.78, 5) is 25.9. The number of esters is 1. The third kappa shape index (κ3) is 3.90. The fourth-order valence-corrected chi connectivity index (χ4v) is 3.32. The van der Waals surface area contributed by atoms with Gasteiger partial charge in [-0.3, -0.25) is 5.32 Å². The van der Waals surface area contributed by atoms with Crippen molar-refractivity contribution in [2.45, 2.75) is 18.6 Å². The average Bonchev–Trinajstić information content (AvgIpc) is 3.26. The zero-order valence-electron chi connectivity index (χ0n) is 13.5. The van der Waals surface area contributed by atoms with Crippen molar-refractivity contribution in [2.24, 2.45) is 0 Å². The minimum Gasteiger partial charge on any atom is -0.485 e. The van der Waals surface area contributed by atoms with Crippen LogP contribution in [0.5, 0.6) is 5.75 Å². The number of amides is 2. The van der Waals surface area contributed by atoms with Gasteiger partial charge < -0.3 is 14.4 Å². The number of thiophene rings is 1. The van der Waals surface area contributed by atoms with Crippen molar-refractivity contribution in [1.29, 1.82) is 0 Å². The van der Waals surface area contributed by atoms with Crippen LogP contribution in [0.3, 0.4) is 0 Å². The van der Waals surface area contributed by atoms with E-state index in [0.29, 0.717) is 5.00 Å². The first-order valence-corrected chi connectivity index (χ1v) is 8.56. The third-order valence-corrected chi connectivity index (χ3v) is 4.66. The molecule has 1 saturated heterocycles. The molecule has 3 rings (SSSR count). The molecule has 0 radical (unpaired) electrons. The third-order valence-electron chi connectivity index (χ3n) is 3.88. The Balaban J connectivity index is 1.73. The molecule has 0 bridgehead atoms. The van der Waals surface area contributed by atoms with E-state index in [9.17, 15) is 14.0 Å². The number of carbonyl (C=O) groups is 2. The molecule has 25 heavy (non-hydrogen) atoms. The molecule has 2 amide bonds. The Morgan fingerprint density at radius 1 is 1.28 bits per heavy atom. The van der Waals surface area contributed by atoms with Gasteiger partial charge in [-0.15, -0.1) is 11.3 Å². The molecule has 8 heteroatoms. The second-order valence-electron chi connectivity index (χ2n) is 5.50. The van der Waals surface area contributed by atoms with E-state index in [1.807, 2.05) is 11.4 Å². The van der Waals surface area contributed by atoms with Gasteiger partial charge in [0, 0.05) is 6.42 Å². The molecule has 2 heterocycles. The molecule has 0 spiro atoms. The van der Waals surface area contributed by atoms with Crippen molar-refractivity contribution >= 4 is 28.3 Å². The summed E-state index contributed by atoms with van der Waals surface area (Å²) in [6, 6.07) is 8.41. The lowest BCUT2D eigenvalue weighted by Gasteiger charge is -2.22. The van der Waals surface area contributed by atoms with Crippen LogP contribution < -0.4 is 10.1 Å². The normalized spacial score (nSPS) is 19.5. The monoisotopic (exact) mass is 364 g/mol. The highest BCUT2D eigenvalue weighted by Crippen LogP contribution is 2.26. The van der Waals surface area contributed by atoms with Crippen LogP contribution in [-0.4, -0.2) is 42.7 Å². The lowest BCUT2D eigenvalue weighted by Crippen LogP contribution is -2.43. The SMILES string of the molecule is COC(=O)C1CC(Oc2ccccc2F)CN1C(=O)Nc1cccs1. The van der Waals surface area contributed by atoms with E-state index in [-0.39, 0.29) is 18.7 Å². The van der Waals surface area contributed by atoms with E-state index < -0.39 is 30.0 Å². The zero-order chi connectivity index (χ0) is 17.8. The van der Waals surface area contributed by atoms with Crippen LogP contribution >= 0.6 is 11.3 Å². The zero-order valence-corrected chi connectivity index (χ0v) is 14.3. The number of anilines is 1. The Morgan fingerprint density at radius 3 is 2.76 bits per heavy atom. The van der Waals surface area contributed by atoms with Crippen molar-refractivity contribution in [2.75, 3.05) is 19.0 Å². The highest BCUT2D eigenvalue weighted by Gasteiger charge is 2.41. The molecule has 2 aromatic rings. The lowest BCUT2D eigenvalue weighted by molar-refractivity contribution is -0.144. The quantitative estimate of drug-likeness (QED) is 0.847. The Morgan fingerprint density at radius 2 is 2.08 bits per heavy atom. The van der Waals surface area contributed by atoms with Crippen molar-refractivity contribution in [3.8, 4) is 5.75 Å². The number of carbonyl (C=O) groups excluding carboxylic acids is 2. The van der Waals surface area contributed by atoms with Gasteiger partial charge in [0.15, 0.2) is 11.6 Å².